The number of fused-ring (bicyclic) bond motifs is 2. The molecule has 3 aliphatic rings. The third-order valence-corrected chi connectivity index (χ3v) is 7.61. The second kappa shape index (κ2) is 15.7. The highest BCUT2D eigenvalue weighted by atomic mass is 16.7. The van der Waals surface area contributed by atoms with Crippen LogP contribution in [0.3, 0.4) is 0 Å². The largest absolute Gasteiger partial charge is 0.462 e. The van der Waals surface area contributed by atoms with Crippen molar-refractivity contribution < 1.29 is 71.7 Å². The van der Waals surface area contributed by atoms with Crippen molar-refractivity contribution in [1.82, 2.24) is 0 Å². The Bertz CT molecular complexity index is 1750. The number of benzene rings is 3. The van der Waals surface area contributed by atoms with E-state index >= 15 is 0 Å². The molecule has 0 aliphatic carbocycles. The lowest BCUT2D eigenvalue weighted by Crippen LogP contribution is -2.63. The number of ether oxygens (including phenoxy) is 10. The molecular formula is C33H33N3O15. The van der Waals surface area contributed by atoms with Gasteiger partial charge in [0.1, 0.15) is 6.10 Å². The molecule has 51 heavy (non-hydrogen) atoms. The molecule has 3 heterocycles. The van der Waals surface area contributed by atoms with Crippen LogP contribution in [0.2, 0.25) is 0 Å². The quantitative estimate of drug-likeness (QED) is 0.174. The van der Waals surface area contributed by atoms with E-state index in [1.807, 2.05) is 0 Å². The smallest absolute Gasteiger partial charge is 0.412 e. The van der Waals surface area contributed by atoms with E-state index in [4.69, 9.17) is 47.4 Å². The molecule has 1 fully saturated rings. The van der Waals surface area contributed by atoms with Crippen LogP contribution in [0.4, 0.5) is 31.4 Å². The van der Waals surface area contributed by atoms with Gasteiger partial charge in [0.05, 0.1) is 18.8 Å². The Labute approximate surface area is 289 Å². The summed E-state index contributed by atoms with van der Waals surface area (Å²) in [4.78, 5) is 51.7. The lowest BCUT2D eigenvalue weighted by atomic mass is 9.98. The van der Waals surface area contributed by atoms with Gasteiger partial charge < -0.3 is 52.5 Å². The number of nitrogens with one attached hydrogen (secondary N) is 3. The number of esters is 1. The van der Waals surface area contributed by atoms with E-state index in [1.54, 1.807) is 25.1 Å². The second-order valence-corrected chi connectivity index (χ2v) is 10.9. The Kier molecular flexibility index (Phi) is 10.7. The van der Waals surface area contributed by atoms with Crippen LogP contribution in [-0.2, 0) is 28.4 Å². The average Bonchev–Trinajstić information content (AvgIpc) is 3.79. The van der Waals surface area contributed by atoms with Crippen molar-refractivity contribution in [2.75, 3.05) is 49.9 Å². The Morgan fingerprint density at radius 2 is 1.18 bits per heavy atom. The van der Waals surface area contributed by atoms with Gasteiger partial charge in [0.2, 0.25) is 13.6 Å². The first-order valence-corrected chi connectivity index (χ1v) is 15.5. The highest BCUT2D eigenvalue weighted by molar-refractivity contribution is 5.91. The fourth-order valence-electron chi connectivity index (χ4n) is 5.28. The van der Waals surface area contributed by atoms with Gasteiger partial charge in [0.25, 0.3) is 0 Å². The van der Waals surface area contributed by atoms with Gasteiger partial charge >= 0.3 is 24.2 Å². The summed E-state index contributed by atoms with van der Waals surface area (Å²) in [6, 6.07) is 15.0. The van der Waals surface area contributed by atoms with Crippen molar-refractivity contribution in [2.24, 2.45) is 0 Å². The summed E-state index contributed by atoms with van der Waals surface area (Å²) in [6.45, 7) is 1.16. The van der Waals surface area contributed by atoms with Gasteiger partial charge in [-0.05, 0) is 55.5 Å². The fraction of sp³-hybridized carbons (Fsp3) is 0.333. The molecule has 5 atom stereocenters. The van der Waals surface area contributed by atoms with E-state index in [2.05, 4.69) is 16.0 Å². The summed E-state index contributed by atoms with van der Waals surface area (Å²) in [5.74, 6) is 1.19. The molecule has 1 saturated heterocycles. The van der Waals surface area contributed by atoms with Gasteiger partial charge in [0.15, 0.2) is 47.6 Å². The molecule has 18 nitrogen and oxygen atoms in total. The zero-order valence-corrected chi connectivity index (χ0v) is 27.2. The minimum absolute atomic E-state index is 0.0101. The second-order valence-electron chi connectivity index (χ2n) is 10.9. The van der Waals surface area contributed by atoms with Gasteiger partial charge in [-0.1, -0.05) is 0 Å². The van der Waals surface area contributed by atoms with Gasteiger partial charge in [-0.3, -0.25) is 16.0 Å². The van der Waals surface area contributed by atoms with E-state index in [1.165, 1.54) is 49.6 Å². The molecule has 4 N–H and O–H groups in total. The van der Waals surface area contributed by atoms with Crippen molar-refractivity contribution in [3.05, 3.63) is 66.2 Å². The predicted molar refractivity (Wildman–Crippen MR) is 172 cm³/mol. The number of aliphatic hydroxyl groups is 1. The maximum Gasteiger partial charge on any atom is 0.412 e. The zero-order valence-electron chi connectivity index (χ0n) is 27.2. The topological polar surface area (TPSA) is 217 Å². The van der Waals surface area contributed by atoms with Crippen molar-refractivity contribution in [3.8, 4) is 23.0 Å². The average molecular weight is 712 g/mol. The zero-order chi connectivity index (χ0) is 35.9. The van der Waals surface area contributed by atoms with Crippen molar-refractivity contribution in [2.45, 2.75) is 37.6 Å². The van der Waals surface area contributed by atoms with Crippen LogP contribution in [0.5, 0.6) is 23.0 Å². The van der Waals surface area contributed by atoms with Gasteiger partial charge in [0, 0.05) is 36.3 Å². The van der Waals surface area contributed by atoms with E-state index in [0.717, 1.165) is 0 Å². The van der Waals surface area contributed by atoms with Crippen molar-refractivity contribution >= 4 is 41.3 Å². The number of amides is 3. The molecule has 0 unspecified atom stereocenters. The highest BCUT2D eigenvalue weighted by Crippen LogP contribution is 2.36. The number of hydrogen-bond donors (Lipinski definition) is 4. The predicted octanol–water partition coefficient (Wildman–Crippen LogP) is 3.84. The minimum Gasteiger partial charge on any atom is -0.462 e. The van der Waals surface area contributed by atoms with Gasteiger partial charge in [-0.15, -0.1) is 0 Å². The summed E-state index contributed by atoms with van der Waals surface area (Å²) in [5, 5.41) is 17.8. The molecule has 3 aromatic carbocycles. The van der Waals surface area contributed by atoms with Crippen molar-refractivity contribution in [3.63, 3.8) is 0 Å². The number of anilines is 3. The molecule has 18 heteroatoms. The maximum atomic E-state index is 13.3. The van der Waals surface area contributed by atoms with Crippen LogP contribution in [0.15, 0.2) is 60.7 Å². The maximum absolute atomic E-state index is 13.3. The number of carbonyl (C=O) groups excluding carboxylic acids is 4. The minimum atomic E-state index is -1.62. The van der Waals surface area contributed by atoms with Crippen LogP contribution in [0, 0.1) is 0 Å². The molecule has 6 rings (SSSR count). The van der Waals surface area contributed by atoms with E-state index < -0.39 is 61.6 Å². The molecule has 0 aromatic heterocycles. The third-order valence-electron chi connectivity index (χ3n) is 7.61. The standard InChI is InChI=1S/C33H33N3O15/c1-3-43-29(38)17-4-6-18(7-5-17)34-31(39)49-26-25(14-37)48-30(42-2)28(51-33(41)36-20-9-11-22-24(13-20)47-16-45-22)27(26)50-32(40)35-19-8-10-21-23(12-19)46-15-44-21/h4-13,25-28,30,37H,3,14-16H2,1-2H3,(H,34,39)(H,35,40)(H,36,41)/t25-,26-,27-,28-,30+/m1/s1. The number of aliphatic hydroxyl groups excluding tert-OH is 1. The Morgan fingerprint density at radius 3 is 1.71 bits per heavy atom. The highest BCUT2D eigenvalue weighted by Gasteiger charge is 2.53. The van der Waals surface area contributed by atoms with Crippen LogP contribution in [0.1, 0.15) is 17.3 Å². The van der Waals surface area contributed by atoms with Gasteiger partial charge in [-0.25, -0.2) is 19.2 Å². The Morgan fingerprint density at radius 1 is 0.686 bits per heavy atom. The molecule has 3 aromatic rings. The molecule has 270 valence electrons. The summed E-state index contributed by atoms with van der Waals surface area (Å²) in [5.41, 5.74) is 1.03. The van der Waals surface area contributed by atoms with E-state index in [9.17, 15) is 24.3 Å². The van der Waals surface area contributed by atoms with E-state index in [-0.39, 0.29) is 42.8 Å². The molecular weight excluding hydrogens is 678 g/mol. The first kappa shape index (κ1) is 34.9. The van der Waals surface area contributed by atoms with Gasteiger partial charge in [-0.2, -0.15) is 0 Å². The van der Waals surface area contributed by atoms with Crippen LogP contribution in [-0.4, -0.2) is 94.0 Å². The number of hydrogen-bond acceptors (Lipinski definition) is 15. The third kappa shape index (κ3) is 8.26. The Hall–Kier alpha value is -5.98. The molecule has 0 saturated carbocycles. The Balaban J connectivity index is 1.22. The monoisotopic (exact) mass is 711 g/mol. The van der Waals surface area contributed by atoms with Crippen LogP contribution < -0.4 is 34.9 Å². The summed E-state index contributed by atoms with van der Waals surface area (Å²) in [7, 11) is 1.24. The molecule has 0 spiro atoms. The molecule has 0 bridgehead atoms. The lowest BCUT2D eigenvalue weighted by molar-refractivity contribution is -0.290. The van der Waals surface area contributed by atoms with E-state index in [0.29, 0.717) is 23.0 Å². The fourth-order valence-corrected chi connectivity index (χ4v) is 5.28. The lowest BCUT2D eigenvalue weighted by Gasteiger charge is -2.43. The SMILES string of the molecule is CCOC(=O)c1ccc(NC(=O)O[C@H]2[C@@H](OC(=O)Nc3ccc4c(c3)OCO4)[C@@H](OC(=O)Nc3ccc4c(c3)OCO4)[C@@H](OC)O[C@@H]2CO)cc1. The summed E-state index contributed by atoms with van der Waals surface area (Å²) >= 11 is 0. The van der Waals surface area contributed by atoms with Crippen LogP contribution in [0.25, 0.3) is 0 Å². The molecule has 3 aliphatic heterocycles. The van der Waals surface area contributed by atoms with Crippen LogP contribution >= 0.6 is 0 Å². The summed E-state index contributed by atoms with van der Waals surface area (Å²) < 4.78 is 54.6. The number of methoxy groups -OCH3 is 1. The van der Waals surface area contributed by atoms with Crippen molar-refractivity contribution in [1.29, 1.82) is 0 Å². The molecule has 3 amide bonds. The summed E-state index contributed by atoms with van der Waals surface area (Å²) in [6.07, 6.45) is -10.6. The molecule has 0 radical (unpaired) electrons. The number of carbonyl (C=O) groups is 4. The number of rotatable bonds is 10. The first-order chi connectivity index (χ1) is 24.7. The normalized spacial score (nSPS) is 21.2. The first-order valence-electron chi connectivity index (χ1n) is 15.5.